The van der Waals surface area contributed by atoms with Crippen molar-refractivity contribution in [1.29, 1.82) is 5.26 Å². The predicted octanol–water partition coefficient (Wildman–Crippen LogP) is 5.69. The first-order valence-corrected chi connectivity index (χ1v) is 20.7. The second-order valence-electron chi connectivity index (χ2n) is 17.5. The largest absolute Gasteiger partial charge is 0.371 e. The predicted molar refractivity (Wildman–Crippen MR) is 220 cm³/mol. The summed E-state index contributed by atoms with van der Waals surface area (Å²) in [5.74, 6) is -1.39. The fourth-order valence-corrected chi connectivity index (χ4v) is 10.4. The molecular weight excluding hydrogens is 731 g/mol. The molecule has 0 spiro atoms. The number of rotatable bonds is 6. The number of piperidine rings is 2. The zero-order valence-corrected chi connectivity index (χ0v) is 33.8. The molecule has 298 valence electrons. The molecule has 58 heavy (non-hydrogen) atoms. The van der Waals surface area contributed by atoms with E-state index in [2.05, 4.69) is 77.8 Å². The lowest BCUT2D eigenvalue weighted by Crippen LogP contribution is -2.58. The highest BCUT2D eigenvalue weighted by atomic mass is 16.2. The number of aromatic nitrogens is 1. The average Bonchev–Trinajstić information content (AvgIpc) is 3.72. The minimum atomic E-state index is -0.982. The molecule has 9 rings (SSSR count). The number of nitrogens with one attached hydrogen (secondary N) is 2. The molecule has 3 atom stereocenters. The maximum Gasteiger partial charge on any atom is 0.262 e. The minimum Gasteiger partial charge on any atom is -0.371 e. The average molecular weight is 780 g/mol. The van der Waals surface area contributed by atoms with Crippen molar-refractivity contribution in [2.75, 3.05) is 42.5 Å². The fourth-order valence-electron chi connectivity index (χ4n) is 10.4. The Morgan fingerprint density at radius 3 is 2.26 bits per heavy atom. The maximum atomic E-state index is 14.2. The van der Waals surface area contributed by atoms with Gasteiger partial charge in [-0.05, 0) is 99.0 Å². The number of aromatic amines is 1. The number of aryl methyl sites for hydroxylation is 1. The Bertz CT molecular complexity index is 2470. The van der Waals surface area contributed by atoms with Crippen molar-refractivity contribution >= 4 is 51.7 Å². The van der Waals surface area contributed by atoms with Gasteiger partial charge in [0.25, 0.3) is 11.8 Å². The third kappa shape index (κ3) is 5.93. The summed E-state index contributed by atoms with van der Waals surface area (Å²) in [6.45, 7) is 15.5. The number of carbonyl (C=O) groups excluding carboxylic acids is 5. The Labute approximate surface area is 338 Å². The molecule has 2 N–H and O–H groups in total. The Morgan fingerprint density at radius 2 is 1.57 bits per heavy atom. The van der Waals surface area contributed by atoms with E-state index in [-0.39, 0.29) is 30.7 Å². The maximum absolute atomic E-state index is 14.2. The second-order valence-corrected chi connectivity index (χ2v) is 17.5. The van der Waals surface area contributed by atoms with Crippen LogP contribution in [0.4, 0.5) is 11.4 Å². The molecule has 5 aliphatic rings. The first kappa shape index (κ1) is 37.8. The highest BCUT2D eigenvalue weighted by molar-refractivity contribution is 6.24. The van der Waals surface area contributed by atoms with Crippen LogP contribution < -0.4 is 15.1 Å². The van der Waals surface area contributed by atoms with Crippen LogP contribution in [-0.2, 0) is 21.4 Å². The summed E-state index contributed by atoms with van der Waals surface area (Å²) in [6, 6.07) is 17.1. The van der Waals surface area contributed by atoms with E-state index in [9.17, 15) is 29.2 Å². The molecule has 4 aromatic rings. The Morgan fingerprint density at radius 1 is 0.845 bits per heavy atom. The van der Waals surface area contributed by atoms with Gasteiger partial charge in [-0.2, -0.15) is 5.26 Å². The third-order valence-electron chi connectivity index (χ3n) is 13.6. The van der Waals surface area contributed by atoms with Crippen molar-refractivity contribution in [3.63, 3.8) is 0 Å². The zero-order valence-electron chi connectivity index (χ0n) is 33.8. The SMILES string of the molecule is CCc1cc2c(cc1N1CCC(CN3C(C)CN(c4ccc5c(c4)C(=O)N(C4CCC(=O)NC4=O)C5=O)CC3C)CC1)C(C)(C)c1[nH]c3cc(C#N)ccc3c1C2=O. The first-order chi connectivity index (χ1) is 27.8. The van der Waals surface area contributed by atoms with E-state index in [1.165, 1.54) is 11.3 Å². The number of fused-ring (bicyclic) bond motifs is 5. The molecule has 0 saturated carbocycles. The Kier molecular flexibility index (Phi) is 9.08. The molecular formula is C46H49N7O5. The van der Waals surface area contributed by atoms with Crippen molar-refractivity contribution in [3.8, 4) is 6.07 Å². The molecule has 3 unspecified atom stereocenters. The summed E-state index contributed by atoms with van der Waals surface area (Å²) >= 11 is 0. The number of piperazine rings is 1. The van der Waals surface area contributed by atoms with Crippen LogP contribution in [0.3, 0.4) is 0 Å². The lowest BCUT2D eigenvalue weighted by atomic mass is 9.70. The number of anilines is 2. The summed E-state index contributed by atoms with van der Waals surface area (Å²) in [7, 11) is 0. The molecule has 3 fully saturated rings. The van der Waals surface area contributed by atoms with Crippen molar-refractivity contribution < 1.29 is 24.0 Å². The summed E-state index contributed by atoms with van der Waals surface area (Å²) in [5.41, 5.74) is 8.28. The minimum absolute atomic E-state index is 0.0414. The van der Waals surface area contributed by atoms with Crippen molar-refractivity contribution in [1.82, 2.24) is 20.1 Å². The quantitative estimate of drug-likeness (QED) is 0.236. The standard InChI is InChI=1S/C46H49N7O5/c1-6-29-18-34-35(46(4,5)42-40(41(34)55)32-9-7-28(21-47)17-36(32)48-42)20-38(29)50-15-13-27(14-16-50)24-52-25(2)22-51(23-26(52)3)30-8-10-31-33(19-30)45(58)53(44(31)57)37-11-12-39(54)49-43(37)56/h7-10,17-20,25-27,37,48H,6,11-16,22-24H2,1-5H3,(H,49,54,56). The third-order valence-corrected chi connectivity index (χ3v) is 13.6. The van der Waals surface area contributed by atoms with Gasteiger partial charge in [0, 0.05) is 90.2 Å². The number of carbonyl (C=O) groups is 5. The number of hydrogen-bond donors (Lipinski definition) is 2. The van der Waals surface area contributed by atoms with Crippen LogP contribution in [0.2, 0.25) is 0 Å². The number of nitrogens with zero attached hydrogens (tertiary/aromatic N) is 5. The molecule has 0 radical (unpaired) electrons. The van der Waals surface area contributed by atoms with E-state index in [0.29, 0.717) is 28.2 Å². The van der Waals surface area contributed by atoms with Crippen LogP contribution in [0, 0.1) is 17.2 Å². The van der Waals surface area contributed by atoms with Crippen LogP contribution in [0.15, 0.2) is 48.5 Å². The second kappa shape index (κ2) is 13.9. The van der Waals surface area contributed by atoms with Gasteiger partial charge in [-0.15, -0.1) is 0 Å². The number of H-pyrrole nitrogens is 1. The molecule has 3 saturated heterocycles. The molecule has 4 amide bonds. The first-order valence-electron chi connectivity index (χ1n) is 20.7. The molecule has 5 heterocycles. The van der Waals surface area contributed by atoms with E-state index in [4.69, 9.17) is 0 Å². The van der Waals surface area contributed by atoms with Gasteiger partial charge in [0.2, 0.25) is 11.8 Å². The lowest BCUT2D eigenvalue weighted by molar-refractivity contribution is -0.136. The molecule has 12 heteroatoms. The summed E-state index contributed by atoms with van der Waals surface area (Å²) in [4.78, 5) is 77.1. The molecule has 3 aromatic carbocycles. The van der Waals surface area contributed by atoms with Crippen molar-refractivity contribution in [2.24, 2.45) is 5.92 Å². The van der Waals surface area contributed by atoms with Gasteiger partial charge < -0.3 is 14.8 Å². The van der Waals surface area contributed by atoms with Gasteiger partial charge in [0.1, 0.15) is 6.04 Å². The zero-order chi connectivity index (χ0) is 40.8. The van der Waals surface area contributed by atoms with Gasteiger partial charge in [0.05, 0.1) is 28.3 Å². The van der Waals surface area contributed by atoms with Gasteiger partial charge in [0.15, 0.2) is 5.78 Å². The van der Waals surface area contributed by atoms with E-state index < -0.39 is 35.1 Å². The Hall–Kier alpha value is -5.80. The monoisotopic (exact) mass is 779 g/mol. The number of benzene rings is 3. The normalized spacial score (nSPS) is 23.6. The van der Waals surface area contributed by atoms with Crippen LogP contribution in [-0.4, -0.2) is 95.0 Å². The lowest BCUT2D eigenvalue weighted by Gasteiger charge is -2.47. The fraction of sp³-hybridized carbons (Fsp3) is 0.435. The molecule has 1 aliphatic carbocycles. The van der Waals surface area contributed by atoms with E-state index in [1.807, 2.05) is 18.2 Å². The smallest absolute Gasteiger partial charge is 0.262 e. The highest BCUT2D eigenvalue weighted by Gasteiger charge is 2.45. The number of imide groups is 2. The molecule has 12 nitrogen and oxygen atoms in total. The molecule has 0 bridgehead atoms. The van der Waals surface area contributed by atoms with Crippen molar-refractivity contribution in [3.05, 3.63) is 93.2 Å². The number of nitriles is 1. The van der Waals surface area contributed by atoms with E-state index in [1.54, 1.807) is 18.2 Å². The molecule has 1 aromatic heterocycles. The van der Waals surface area contributed by atoms with Crippen LogP contribution in [0.25, 0.3) is 10.9 Å². The van der Waals surface area contributed by atoms with E-state index >= 15 is 0 Å². The van der Waals surface area contributed by atoms with Crippen LogP contribution in [0.5, 0.6) is 0 Å². The number of hydrogen-bond acceptors (Lipinski definition) is 9. The number of amides is 4. The van der Waals surface area contributed by atoms with Gasteiger partial charge in [-0.1, -0.05) is 26.8 Å². The Balaban J connectivity index is 0.865. The van der Waals surface area contributed by atoms with E-state index in [0.717, 1.165) is 90.3 Å². The van der Waals surface area contributed by atoms with Gasteiger partial charge in [-0.25, -0.2) is 0 Å². The summed E-state index contributed by atoms with van der Waals surface area (Å²) < 4.78 is 0. The topological polar surface area (TPSA) is 150 Å². The summed E-state index contributed by atoms with van der Waals surface area (Å²) in [5, 5.41) is 12.6. The van der Waals surface area contributed by atoms with Gasteiger partial charge >= 0.3 is 0 Å². The van der Waals surface area contributed by atoms with Crippen LogP contribution in [0.1, 0.15) is 119 Å². The van der Waals surface area contributed by atoms with Gasteiger partial charge in [-0.3, -0.25) is 39.1 Å². The highest BCUT2D eigenvalue weighted by Crippen LogP contribution is 2.46. The number of ketones is 1. The van der Waals surface area contributed by atoms with Crippen LogP contribution >= 0.6 is 0 Å². The summed E-state index contributed by atoms with van der Waals surface area (Å²) in [6.07, 6.45) is 3.19. The molecule has 4 aliphatic heterocycles. The van der Waals surface area contributed by atoms with Crippen molar-refractivity contribution in [2.45, 2.75) is 90.3 Å².